The number of hydrogen-bond donors (Lipinski definition) is 0. The molecule has 0 amide bonds. The second-order valence-corrected chi connectivity index (χ2v) is 10.1. The van der Waals surface area contributed by atoms with Crippen molar-refractivity contribution in [3.8, 4) is 11.4 Å². The summed E-state index contributed by atoms with van der Waals surface area (Å²) >= 11 is 0. The molecule has 0 aliphatic carbocycles. The van der Waals surface area contributed by atoms with Crippen LogP contribution in [0.5, 0.6) is 0 Å². The van der Waals surface area contributed by atoms with E-state index in [1.807, 2.05) is 73.1 Å². The molecule has 4 rings (SSSR count). The molecule has 2 heterocycles. The smallest absolute Gasteiger partial charge is 0.117 e. The Hall–Kier alpha value is -3.76. The van der Waals surface area contributed by atoms with E-state index >= 15 is 0 Å². The van der Waals surface area contributed by atoms with Crippen molar-refractivity contribution in [3.63, 3.8) is 0 Å². The van der Waals surface area contributed by atoms with Gasteiger partial charge in [0.05, 0.1) is 23.8 Å². The van der Waals surface area contributed by atoms with Crippen LogP contribution in [-0.2, 0) is 0 Å². The lowest BCUT2D eigenvalue weighted by Gasteiger charge is -2.23. The van der Waals surface area contributed by atoms with E-state index in [2.05, 4.69) is 67.9 Å². The van der Waals surface area contributed by atoms with Crippen LogP contribution in [0, 0.1) is 10.8 Å². The number of benzene rings is 2. The normalized spacial score (nSPS) is 11.8. The van der Waals surface area contributed by atoms with Gasteiger partial charge in [-0.1, -0.05) is 88.4 Å². The highest BCUT2D eigenvalue weighted by Gasteiger charge is 2.26. The van der Waals surface area contributed by atoms with Crippen LogP contribution in [0.2, 0.25) is 0 Å². The lowest BCUT2D eigenvalue weighted by atomic mass is 9.80. The van der Waals surface area contributed by atoms with E-state index in [4.69, 9.17) is 0 Å². The largest absolute Gasteiger partial charge is 0.220 e. The van der Waals surface area contributed by atoms with Gasteiger partial charge in [-0.05, 0) is 35.1 Å². The minimum absolute atomic E-state index is 0.205. The van der Waals surface area contributed by atoms with Gasteiger partial charge in [-0.25, -0.2) is 9.36 Å². The fraction of sp³-hybridized carbons (Fsp3) is 0.296. The average molecular weight is 439 g/mol. The standard InChI is InChI=1S/C27H30N6/c1-26(2,3)22(24-18-32(30-28-24)20-13-9-7-10-14-20)17-23(27(4,5)6)25-19-33(31-29-25)21-15-11-8-12-16-21/h7-16,18-19H,1-6H3. The third kappa shape index (κ3) is 5.02. The maximum atomic E-state index is 4.50. The molecule has 168 valence electrons. The summed E-state index contributed by atoms with van der Waals surface area (Å²) in [5, 5.41) is 17.7. The molecule has 2 aromatic heterocycles. The number of para-hydroxylation sites is 2. The Morgan fingerprint density at radius 3 is 1.30 bits per heavy atom. The summed E-state index contributed by atoms with van der Waals surface area (Å²) in [5.41, 5.74) is 8.77. The summed E-state index contributed by atoms with van der Waals surface area (Å²) in [4.78, 5) is 0. The first kappa shape index (κ1) is 22.4. The number of hydrogen-bond acceptors (Lipinski definition) is 4. The van der Waals surface area contributed by atoms with Crippen molar-refractivity contribution in [2.24, 2.45) is 10.8 Å². The fourth-order valence-corrected chi connectivity index (χ4v) is 3.57. The Labute approximate surface area is 195 Å². The van der Waals surface area contributed by atoms with E-state index < -0.39 is 0 Å². The third-order valence-corrected chi connectivity index (χ3v) is 5.29. The SMILES string of the molecule is CC(C)(C)C(=C=C(c1cn(-c2ccccc2)nn1)C(C)(C)C)c1cn(-c2ccccc2)nn1. The number of allylic oxidation sites excluding steroid dienone is 1. The van der Waals surface area contributed by atoms with Gasteiger partial charge in [0.15, 0.2) is 0 Å². The topological polar surface area (TPSA) is 61.4 Å². The van der Waals surface area contributed by atoms with Gasteiger partial charge < -0.3 is 0 Å². The molecule has 4 aromatic rings. The van der Waals surface area contributed by atoms with Crippen LogP contribution in [0.25, 0.3) is 22.5 Å². The van der Waals surface area contributed by atoms with Gasteiger partial charge in [-0.3, -0.25) is 0 Å². The lowest BCUT2D eigenvalue weighted by molar-refractivity contribution is 0.556. The summed E-state index contributed by atoms with van der Waals surface area (Å²) in [5.74, 6) is 0. The van der Waals surface area contributed by atoms with Crippen LogP contribution in [0.4, 0.5) is 0 Å². The highest BCUT2D eigenvalue weighted by molar-refractivity contribution is 5.76. The van der Waals surface area contributed by atoms with Crippen LogP contribution in [0.15, 0.2) is 78.8 Å². The van der Waals surface area contributed by atoms with E-state index in [1.54, 1.807) is 9.36 Å². The van der Waals surface area contributed by atoms with Gasteiger partial charge in [0.1, 0.15) is 11.4 Å². The van der Waals surface area contributed by atoms with Gasteiger partial charge in [-0.2, -0.15) is 0 Å². The molecule has 0 radical (unpaired) electrons. The highest BCUT2D eigenvalue weighted by atomic mass is 15.4. The zero-order valence-corrected chi connectivity index (χ0v) is 20.1. The van der Waals surface area contributed by atoms with Crippen molar-refractivity contribution in [1.29, 1.82) is 0 Å². The first-order chi connectivity index (χ1) is 15.6. The molecule has 6 nitrogen and oxygen atoms in total. The molecule has 0 atom stereocenters. The summed E-state index contributed by atoms with van der Waals surface area (Å²) in [6.07, 6.45) is 3.92. The molecule has 0 aliphatic heterocycles. The molecule has 0 aliphatic rings. The number of rotatable bonds is 4. The monoisotopic (exact) mass is 438 g/mol. The van der Waals surface area contributed by atoms with Crippen LogP contribution < -0.4 is 0 Å². The second kappa shape index (κ2) is 8.64. The van der Waals surface area contributed by atoms with Crippen molar-refractivity contribution in [2.45, 2.75) is 41.5 Å². The highest BCUT2D eigenvalue weighted by Crippen LogP contribution is 2.38. The first-order valence-electron chi connectivity index (χ1n) is 11.1. The molecule has 2 aromatic carbocycles. The van der Waals surface area contributed by atoms with Crippen LogP contribution in [-0.4, -0.2) is 30.0 Å². The predicted molar refractivity (Wildman–Crippen MR) is 132 cm³/mol. The third-order valence-electron chi connectivity index (χ3n) is 5.29. The maximum absolute atomic E-state index is 4.50. The van der Waals surface area contributed by atoms with Gasteiger partial charge in [0, 0.05) is 11.1 Å². The first-order valence-corrected chi connectivity index (χ1v) is 11.1. The van der Waals surface area contributed by atoms with E-state index in [1.165, 1.54) is 0 Å². The Kier molecular flexibility index (Phi) is 5.88. The molecule has 0 unspecified atom stereocenters. The van der Waals surface area contributed by atoms with Crippen molar-refractivity contribution in [1.82, 2.24) is 30.0 Å². The number of aromatic nitrogens is 6. The van der Waals surface area contributed by atoms with Gasteiger partial charge in [-0.15, -0.1) is 15.9 Å². The molecule has 0 N–H and O–H groups in total. The Balaban J connectivity index is 1.87. The summed E-state index contributed by atoms with van der Waals surface area (Å²) in [6, 6.07) is 20.0. The van der Waals surface area contributed by atoms with Crippen LogP contribution in [0.1, 0.15) is 52.9 Å². The maximum Gasteiger partial charge on any atom is 0.117 e. The van der Waals surface area contributed by atoms with Gasteiger partial charge >= 0.3 is 0 Å². The van der Waals surface area contributed by atoms with Crippen molar-refractivity contribution in [2.75, 3.05) is 0 Å². The predicted octanol–water partition coefficient (Wildman–Crippen LogP) is 6.01. The summed E-state index contributed by atoms with van der Waals surface area (Å²) < 4.78 is 3.59. The lowest BCUT2D eigenvalue weighted by Crippen LogP contribution is -2.12. The van der Waals surface area contributed by atoms with E-state index in [9.17, 15) is 0 Å². The molecule has 0 saturated carbocycles. The molecular weight excluding hydrogens is 408 g/mol. The zero-order chi connectivity index (χ0) is 23.6. The molecule has 0 spiro atoms. The molecule has 0 bridgehead atoms. The Morgan fingerprint density at radius 2 is 0.970 bits per heavy atom. The van der Waals surface area contributed by atoms with Crippen LogP contribution in [0.3, 0.4) is 0 Å². The molecule has 0 saturated heterocycles. The fourth-order valence-electron chi connectivity index (χ4n) is 3.57. The van der Waals surface area contributed by atoms with E-state index in [0.717, 1.165) is 33.9 Å². The van der Waals surface area contributed by atoms with Crippen molar-refractivity contribution in [3.05, 3.63) is 90.2 Å². The molecule has 33 heavy (non-hydrogen) atoms. The average Bonchev–Trinajstić information content (AvgIpc) is 3.44. The Bertz CT molecular complexity index is 1190. The second-order valence-electron chi connectivity index (χ2n) is 10.1. The van der Waals surface area contributed by atoms with Gasteiger partial charge in [0.2, 0.25) is 0 Å². The zero-order valence-electron chi connectivity index (χ0n) is 20.1. The quantitative estimate of drug-likeness (QED) is 0.366. The minimum Gasteiger partial charge on any atom is -0.220 e. The van der Waals surface area contributed by atoms with Crippen molar-refractivity contribution >= 4 is 11.1 Å². The van der Waals surface area contributed by atoms with Crippen LogP contribution >= 0.6 is 0 Å². The molecular formula is C27H30N6. The minimum atomic E-state index is -0.205. The Morgan fingerprint density at radius 1 is 0.606 bits per heavy atom. The molecule has 0 fully saturated rings. The molecule has 6 heteroatoms. The van der Waals surface area contributed by atoms with E-state index in [0.29, 0.717) is 0 Å². The van der Waals surface area contributed by atoms with Crippen molar-refractivity contribution < 1.29 is 0 Å². The van der Waals surface area contributed by atoms with E-state index in [-0.39, 0.29) is 10.8 Å². The summed E-state index contributed by atoms with van der Waals surface area (Å²) in [6.45, 7) is 13.0. The number of nitrogens with zero attached hydrogens (tertiary/aromatic N) is 6. The van der Waals surface area contributed by atoms with Gasteiger partial charge in [0.25, 0.3) is 0 Å². The summed E-state index contributed by atoms with van der Waals surface area (Å²) in [7, 11) is 0.